The van der Waals surface area contributed by atoms with Gasteiger partial charge in [0, 0.05) is 11.1 Å². The third kappa shape index (κ3) is 3.86. The number of aliphatic hydroxyl groups is 2. The van der Waals surface area contributed by atoms with Gasteiger partial charge in [-0.1, -0.05) is 60.7 Å². The Morgan fingerprint density at radius 2 is 1.00 bits per heavy atom. The molecule has 0 atom stereocenters. The Kier molecular flexibility index (Phi) is 5.81. The van der Waals surface area contributed by atoms with E-state index in [0.717, 1.165) is 22.5 Å². The molecule has 6 aromatic rings. The van der Waals surface area contributed by atoms with Gasteiger partial charge >= 0.3 is 0 Å². The van der Waals surface area contributed by atoms with Gasteiger partial charge in [0.05, 0.1) is 13.2 Å². The van der Waals surface area contributed by atoms with Gasteiger partial charge in [0.2, 0.25) is 12.7 Å². The quantitative estimate of drug-likeness (QED) is 0.345. The third-order valence-corrected chi connectivity index (χ3v) is 6.72. The first-order valence-electron chi connectivity index (χ1n) is 12.2. The van der Waals surface area contributed by atoms with E-state index in [1.165, 1.54) is 21.5 Å². The second-order valence-electron chi connectivity index (χ2n) is 8.93. The van der Waals surface area contributed by atoms with Crippen LogP contribution in [0.15, 0.2) is 110 Å². The fraction of sp³-hybridized carbons (Fsp3) is 0.133. The van der Waals surface area contributed by atoms with Crippen LogP contribution >= 0.6 is 0 Å². The molecule has 4 aromatic carbocycles. The second-order valence-corrected chi connectivity index (χ2v) is 8.93. The van der Waals surface area contributed by atoms with Gasteiger partial charge < -0.3 is 10.2 Å². The van der Waals surface area contributed by atoms with Crippen molar-refractivity contribution in [2.24, 2.45) is 0 Å². The summed E-state index contributed by atoms with van der Waals surface area (Å²) in [4.78, 5) is 0. The lowest BCUT2D eigenvalue weighted by atomic mass is 9.91. The molecule has 0 amide bonds. The first-order chi connectivity index (χ1) is 17.8. The smallest absolute Gasteiger partial charge is 0.249 e. The van der Waals surface area contributed by atoms with Gasteiger partial charge in [-0.05, 0) is 33.7 Å². The molecule has 0 radical (unpaired) electrons. The van der Waals surface area contributed by atoms with Crippen molar-refractivity contribution < 1.29 is 19.3 Å². The maximum Gasteiger partial charge on any atom is 0.249 e. The lowest BCUT2D eigenvalue weighted by Crippen LogP contribution is -2.32. The monoisotopic (exact) mass is 476 g/mol. The van der Waals surface area contributed by atoms with Crippen molar-refractivity contribution >= 4 is 21.5 Å². The largest absolute Gasteiger partial charge is 0.392 e. The summed E-state index contributed by atoms with van der Waals surface area (Å²) in [6.07, 6.45) is 12.1. The van der Waals surface area contributed by atoms with E-state index in [1.54, 1.807) is 0 Å². The molecule has 0 aliphatic carbocycles. The maximum atomic E-state index is 9.44. The van der Waals surface area contributed by atoms with Crippen molar-refractivity contribution in [1.82, 2.24) is 9.13 Å². The summed E-state index contributed by atoms with van der Waals surface area (Å²) in [6, 6.07) is 25.7. The van der Waals surface area contributed by atoms with Crippen molar-refractivity contribution in [2.45, 2.75) is 13.1 Å². The molecule has 0 saturated carbocycles. The number of imidazole rings is 2. The highest BCUT2D eigenvalue weighted by molar-refractivity contribution is 6.11. The molecule has 6 nitrogen and oxygen atoms in total. The van der Waals surface area contributed by atoms with E-state index in [1.807, 2.05) is 46.6 Å². The van der Waals surface area contributed by atoms with E-state index in [-0.39, 0.29) is 13.2 Å². The average Bonchev–Trinajstić information content (AvgIpc) is 3.58. The van der Waals surface area contributed by atoms with Gasteiger partial charge in [-0.2, -0.15) is 0 Å². The van der Waals surface area contributed by atoms with Gasteiger partial charge in [0.25, 0.3) is 0 Å². The van der Waals surface area contributed by atoms with Crippen LogP contribution < -0.4 is 9.13 Å². The molecule has 6 rings (SSSR count). The molecule has 0 unspecified atom stereocenters. The van der Waals surface area contributed by atoms with Crippen molar-refractivity contribution in [3.05, 3.63) is 110 Å². The van der Waals surface area contributed by atoms with Crippen molar-refractivity contribution in [2.75, 3.05) is 13.2 Å². The van der Waals surface area contributed by atoms with E-state index < -0.39 is 0 Å². The molecule has 0 saturated heterocycles. The van der Waals surface area contributed by atoms with Crippen LogP contribution in [-0.4, -0.2) is 32.6 Å². The van der Waals surface area contributed by atoms with Gasteiger partial charge in [-0.25, -0.2) is 18.3 Å². The molecule has 0 fully saturated rings. The van der Waals surface area contributed by atoms with Gasteiger partial charge in [-0.3, -0.25) is 0 Å². The summed E-state index contributed by atoms with van der Waals surface area (Å²) in [5.41, 5.74) is 4.43. The normalized spacial score (nSPS) is 11.5. The first-order valence-corrected chi connectivity index (χ1v) is 12.2. The van der Waals surface area contributed by atoms with E-state index in [9.17, 15) is 10.2 Å². The highest BCUT2D eigenvalue weighted by atomic mass is 16.3. The third-order valence-electron chi connectivity index (χ3n) is 6.72. The Morgan fingerprint density at radius 1 is 0.556 bits per heavy atom. The molecule has 178 valence electrons. The number of aromatic nitrogens is 4. The minimum absolute atomic E-state index is 0.0915. The lowest BCUT2D eigenvalue weighted by molar-refractivity contribution is -0.697. The summed E-state index contributed by atoms with van der Waals surface area (Å²) in [5, 5.41) is 23.6. The van der Waals surface area contributed by atoms with Crippen LogP contribution in [0.25, 0.3) is 44.0 Å². The maximum absolute atomic E-state index is 9.44. The Morgan fingerprint density at radius 3 is 1.44 bits per heavy atom. The molecule has 0 bridgehead atoms. The Hall–Kier alpha value is -4.26. The number of aliphatic hydroxyl groups excluding tert-OH is 2. The molecule has 2 N–H and O–H groups in total. The highest BCUT2D eigenvalue weighted by Crippen LogP contribution is 2.41. The zero-order valence-electron chi connectivity index (χ0n) is 19.9. The van der Waals surface area contributed by atoms with Crippen LogP contribution in [0.5, 0.6) is 0 Å². The van der Waals surface area contributed by atoms with Crippen LogP contribution in [0.3, 0.4) is 0 Å². The predicted molar refractivity (Wildman–Crippen MR) is 140 cm³/mol. The molecule has 0 spiro atoms. The Bertz CT molecular complexity index is 1560. The molecular weight excluding hydrogens is 448 g/mol. The van der Waals surface area contributed by atoms with Crippen LogP contribution in [0, 0.1) is 0 Å². The number of hydrogen-bond donors (Lipinski definition) is 2. The molecule has 0 aliphatic heterocycles. The van der Waals surface area contributed by atoms with Gasteiger partial charge in [0.1, 0.15) is 49.3 Å². The van der Waals surface area contributed by atoms with Crippen LogP contribution in [-0.2, 0) is 13.1 Å². The molecule has 6 heteroatoms. The molecular formula is C30H28N4O2+2. The molecule has 36 heavy (non-hydrogen) atoms. The van der Waals surface area contributed by atoms with E-state index in [2.05, 4.69) is 81.9 Å². The fourth-order valence-electron chi connectivity index (χ4n) is 5.04. The number of nitrogens with zero attached hydrogens (tertiary/aromatic N) is 4. The molecule has 2 heterocycles. The molecule has 0 aliphatic rings. The number of hydrogen-bond acceptors (Lipinski definition) is 2. The van der Waals surface area contributed by atoms with E-state index >= 15 is 0 Å². The van der Waals surface area contributed by atoms with Crippen LogP contribution in [0.2, 0.25) is 0 Å². The Balaban J connectivity index is 1.70. The summed E-state index contributed by atoms with van der Waals surface area (Å²) < 4.78 is 8.24. The number of benzene rings is 4. The van der Waals surface area contributed by atoms with Gasteiger partial charge in [-0.15, -0.1) is 0 Å². The topological polar surface area (TPSA) is 58.1 Å². The number of fused-ring (bicyclic) bond motifs is 2. The first kappa shape index (κ1) is 22.2. The van der Waals surface area contributed by atoms with E-state index in [4.69, 9.17) is 0 Å². The van der Waals surface area contributed by atoms with Crippen LogP contribution in [0.1, 0.15) is 0 Å². The Labute approximate surface area is 209 Å². The zero-order chi connectivity index (χ0) is 24.5. The van der Waals surface area contributed by atoms with Crippen molar-refractivity contribution in [1.29, 1.82) is 0 Å². The highest BCUT2D eigenvalue weighted by Gasteiger charge is 2.24. The summed E-state index contributed by atoms with van der Waals surface area (Å²) >= 11 is 0. The van der Waals surface area contributed by atoms with Crippen molar-refractivity contribution in [3.63, 3.8) is 0 Å². The summed E-state index contributed by atoms with van der Waals surface area (Å²) in [6.45, 7) is 1.27. The van der Waals surface area contributed by atoms with Crippen LogP contribution in [0.4, 0.5) is 0 Å². The summed E-state index contributed by atoms with van der Waals surface area (Å²) in [7, 11) is 0. The fourth-order valence-corrected chi connectivity index (χ4v) is 5.04. The number of rotatable bonds is 7. The zero-order valence-corrected chi connectivity index (χ0v) is 19.9. The minimum Gasteiger partial charge on any atom is -0.392 e. The predicted octanol–water partition coefficient (Wildman–Crippen LogP) is 3.80. The lowest BCUT2D eigenvalue weighted by Gasteiger charge is -2.16. The summed E-state index contributed by atoms with van der Waals surface area (Å²) in [5.74, 6) is 0. The minimum atomic E-state index is 0.0915. The van der Waals surface area contributed by atoms with E-state index in [0.29, 0.717) is 13.1 Å². The standard InChI is InChI=1S/C30H28N4O2/c35-19-17-31-13-15-33(21-31)27-11-9-23-5-1-3-7-25(23)29(27)30-26-8-4-2-6-24(26)10-12-28(30)34-16-14-32(22-34)18-20-36/h1-16,21-22,35-36H,17-20H2/q+2. The van der Waals surface area contributed by atoms with Crippen molar-refractivity contribution in [3.8, 4) is 22.5 Å². The average molecular weight is 477 g/mol. The van der Waals surface area contributed by atoms with Gasteiger partial charge in [0.15, 0.2) is 0 Å². The second kappa shape index (κ2) is 9.41. The SMILES string of the molecule is OCC[n+]1ccn(-c2ccc3ccccc3c2-c2c(-n3cc[n+](CCO)c3)ccc3ccccc23)c1. The molecule has 2 aromatic heterocycles.